The molecule has 0 aromatic heterocycles. The second-order valence-corrected chi connectivity index (χ2v) is 38.0. The summed E-state index contributed by atoms with van der Waals surface area (Å²) in [6.07, 6.45) is 4.32. The third-order valence-corrected chi connectivity index (χ3v) is 32.3. The van der Waals surface area contributed by atoms with Crippen LogP contribution in [0.5, 0.6) is 11.5 Å². The van der Waals surface area contributed by atoms with Gasteiger partial charge in [0, 0.05) is 30.5 Å². The maximum atomic E-state index is 16.3. The summed E-state index contributed by atoms with van der Waals surface area (Å²) in [6.45, 7) is 21.9. The van der Waals surface area contributed by atoms with E-state index >= 15 is 4.79 Å². The summed E-state index contributed by atoms with van der Waals surface area (Å²) in [4.78, 5) is 16.3. The molecule has 0 aliphatic heterocycles. The molecule has 7 aromatic carbocycles. The van der Waals surface area contributed by atoms with Crippen molar-refractivity contribution < 1.29 is 32.3 Å². The highest BCUT2D eigenvalue weighted by Gasteiger charge is 2.60. The minimum Gasteiger partial charge on any atom is -0.497 e. The molecule has 80 heavy (non-hydrogen) atoms. The molecule has 1 fully saturated rings. The van der Waals surface area contributed by atoms with E-state index in [1.165, 1.54) is 31.1 Å². The standard InChI is InChI=1S/C70H84O7Si3/c1-67(2,3)78(57-30-17-11-18-31-57,58-32-19-12-20-33-58)75-49-48-70(52-76-79(68(4,5)6,59-34-21-13-22-35-59)60-36-23-14-24-37-60)50-54(51-73-53-74-56-46-44-55(72-10)45-47-56)65(71)63-42-29-43-64(70)66(63)77-80(69(7,8)9,61-38-25-15-26-39-61)62-40-27-16-28-41-62/h11-28,30-41,43-47,54,63,66H,29,42,48-53H2,1-10H3/t54-,63+,66-,70-/m0/s1. The van der Waals surface area contributed by atoms with Crippen LogP contribution < -0.4 is 40.6 Å². The zero-order chi connectivity index (χ0) is 56.7. The van der Waals surface area contributed by atoms with E-state index in [-0.39, 0.29) is 34.3 Å². The predicted octanol–water partition coefficient (Wildman–Crippen LogP) is 12.4. The highest BCUT2D eigenvalue weighted by Crippen LogP contribution is 2.53. The number of fused-ring (bicyclic) bond motifs is 2. The maximum Gasteiger partial charge on any atom is 0.261 e. The molecule has 0 N–H and O–H groups in total. The summed E-state index contributed by atoms with van der Waals surface area (Å²) < 4.78 is 43.0. The van der Waals surface area contributed by atoms with E-state index in [4.69, 9.17) is 27.5 Å². The number of rotatable bonds is 21. The normalized spacial score (nSPS) is 19.2. The molecule has 4 atom stereocenters. The lowest BCUT2D eigenvalue weighted by molar-refractivity contribution is -0.132. The number of ether oxygens (including phenoxy) is 3. The Kier molecular flexibility index (Phi) is 18.1. The quantitative estimate of drug-likeness (QED) is 0.0307. The molecule has 2 bridgehead atoms. The molecule has 0 saturated heterocycles. The van der Waals surface area contributed by atoms with Gasteiger partial charge in [0.1, 0.15) is 17.3 Å². The molecule has 0 radical (unpaired) electrons. The van der Waals surface area contributed by atoms with E-state index in [0.29, 0.717) is 38.2 Å². The molecule has 9 rings (SSSR count). The van der Waals surface area contributed by atoms with Crippen LogP contribution in [-0.4, -0.2) is 70.6 Å². The third-order valence-electron chi connectivity index (χ3n) is 17.2. The van der Waals surface area contributed by atoms with Crippen LogP contribution in [0.3, 0.4) is 0 Å². The van der Waals surface area contributed by atoms with Gasteiger partial charge in [-0.05, 0) is 102 Å². The lowest BCUT2D eigenvalue weighted by Gasteiger charge is -2.51. The summed E-state index contributed by atoms with van der Waals surface area (Å²) in [5, 5.41) is 6.25. The van der Waals surface area contributed by atoms with Gasteiger partial charge < -0.3 is 27.5 Å². The molecule has 0 amide bonds. The van der Waals surface area contributed by atoms with E-state index in [1.54, 1.807) is 7.11 Å². The number of benzene rings is 7. The van der Waals surface area contributed by atoms with Crippen LogP contribution in [0.25, 0.3) is 0 Å². The van der Waals surface area contributed by atoms with Crippen LogP contribution in [0.1, 0.15) is 88.0 Å². The van der Waals surface area contributed by atoms with Crippen molar-refractivity contribution in [2.75, 3.05) is 33.7 Å². The number of methoxy groups -OCH3 is 1. The van der Waals surface area contributed by atoms with Gasteiger partial charge in [-0.15, -0.1) is 0 Å². The first-order valence-corrected chi connectivity index (χ1v) is 34.5. The molecule has 2 aliphatic carbocycles. The Morgan fingerprint density at radius 3 is 1.29 bits per heavy atom. The lowest BCUT2D eigenvalue weighted by atomic mass is 9.70. The molecule has 0 unspecified atom stereocenters. The van der Waals surface area contributed by atoms with Crippen molar-refractivity contribution in [2.45, 2.75) is 109 Å². The van der Waals surface area contributed by atoms with Gasteiger partial charge in [0.15, 0.2) is 6.79 Å². The number of hydrogen-bond acceptors (Lipinski definition) is 7. The Labute approximate surface area is 481 Å². The summed E-state index contributed by atoms with van der Waals surface area (Å²) in [7, 11) is -7.91. The molecule has 1 saturated carbocycles. The van der Waals surface area contributed by atoms with Crippen LogP contribution in [0.4, 0.5) is 0 Å². The smallest absolute Gasteiger partial charge is 0.261 e. The average Bonchev–Trinajstić information content (AvgIpc) is 3.68. The van der Waals surface area contributed by atoms with Crippen molar-refractivity contribution in [2.24, 2.45) is 17.3 Å². The van der Waals surface area contributed by atoms with Crippen LogP contribution in [-0.2, 0) is 22.8 Å². The molecule has 0 heterocycles. The Morgan fingerprint density at radius 1 is 0.500 bits per heavy atom. The van der Waals surface area contributed by atoms with E-state index in [2.05, 4.69) is 250 Å². The van der Waals surface area contributed by atoms with E-state index in [9.17, 15) is 0 Å². The number of carbonyl (C=O) groups excluding carboxylic acids is 1. The lowest BCUT2D eigenvalue weighted by Crippen LogP contribution is -2.69. The summed E-state index contributed by atoms with van der Waals surface area (Å²) in [5.74, 6) is 0.604. The van der Waals surface area contributed by atoms with Crippen molar-refractivity contribution >= 4 is 61.9 Å². The Balaban J connectivity index is 1.26. The number of ketones is 1. The second-order valence-electron chi connectivity index (χ2n) is 25.2. The van der Waals surface area contributed by atoms with Crippen LogP contribution in [0.15, 0.2) is 218 Å². The zero-order valence-corrected chi connectivity index (χ0v) is 52.0. The first kappa shape index (κ1) is 58.7. The van der Waals surface area contributed by atoms with Crippen molar-refractivity contribution in [1.29, 1.82) is 0 Å². The summed E-state index contributed by atoms with van der Waals surface area (Å²) >= 11 is 0. The fraction of sp³-hybridized carbons (Fsp3) is 0.357. The van der Waals surface area contributed by atoms with E-state index in [1.807, 2.05) is 24.3 Å². The Morgan fingerprint density at radius 2 is 0.887 bits per heavy atom. The van der Waals surface area contributed by atoms with Gasteiger partial charge in [0.25, 0.3) is 25.0 Å². The van der Waals surface area contributed by atoms with Crippen molar-refractivity contribution in [3.63, 3.8) is 0 Å². The molecule has 2 aliphatic rings. The number of Topliss-reactive ketones (excluding diaryl/α,β-unsaturated/α-hetero) is 1. The number of carbonyl (C=O) groups is 1. The monoisotopic (exact) mass is 1120 g/mol. The first-order chi connectivity index (χ1) is 38.4. The molecule has 418 valence electrons. The molecular weight excluding hydrogens is 1040 g/mol. The van der Waals surface area contributed by atoms with Gasteiger partial charge >= 0.3 is 0 Å². The maximum absolute atomic E-state index is 16.3. The van der Waals surface area contributed by atoms with E-state index in [0.717, 1.165) is 17.7 Å². The van der Waals surface area contributed by atoms with Gasteiger partial charge in [-0.3, -0.25) is 4.79 Å². The van der Waals surface area contributed by atoms with Gasteiger partial charge in [-0.25, -0.2) is 0 Å². The average molecular weight is 1120 g/mol. The van der Waals surface area contributed by atoms with Gasteiger partial charge in [-0.2, -0.15) is 0 Å². The molecule has 7 nitrogen and oxygen atoms in total. The van der Waals surface area contributed by atoms with Gasteiger partial charge in [-0.1, -0.05) is 250 Å². The molecular formula is C70H84O7Si3. The zero-order valence-electron chi connectivity index (χ0n) is 49.0. The summed E-state index contributed by atoms with van der Waals surface area (Å²) in [5.41, 5.74) is 0.362. The first-order valence-electron chi connectivity index (χ1n) is 28.8. The fourth-order valence-electron chi connectivity index (χ4n) is 13.5. The minimum absolute atomic E-state index is 0.0198. The van der Waals surface area contributed by atoms with Crippen molar-refractivity contribution in [3.8, 4) is 11.5 Å². The minimum atomic E-state index is -3.29. The highest BCUT2D eigenvalue weighted by molar-refractivity contribution is 7.00. The topological polar surface area (TPSA) is 72.5 Å². The number of allylic oxidation sites excluding steroid dienone is 1. The second kappa shape index (κ2) is 24.6. The third kappa shape index (κ3) is 11.6. The van der Waals surface area contributed by atoms with Gasteiger partial charge in [0.2, 0.25) is 0 Å². The predicted molar refractivity (Wildman–Crippen MR) is 335 cm³/mol. The van der Waals surface area contributed by atoms with Crippen molar-refractivity contribution in [3.05, 3.63) is 218 Å². The van der Waals surface area contributed by atoms with E-state index < -0.39 is 48.3 Å². The summed E-state index contributed by atoms with van der Waals surface area (Å²) in [6, 6.07) is 72.9. The molecule has 10 heteroatoms. The SMILES string of the molecule is COc1ccc(OCOC[C@@H]2C[C@@](CCO[Si](c3ccccc3)(c3ccccc3)C(C)(C)C)(CO[Si](c3ccccc3)(c3ccccc3)C(C)(C)C)C3=CCC[C@H](C2=O)[C@@H]3O[Si](c2ccccc2)(c2ccccc2)C(C)(C)C)cc1. The molecule has 7 aromatic rings. The molecule has 0 spiro atoms. The Hall–Kier alpha value is -5.96. The van der Waals surface area contributed by atoms with Crippen LogP contribution in [0.2, 0.25) is 15.1 Å². The van der Waals surface area contributed by atoms with Crippen LogP contribution in [0, 0.1) is 17.3 Å². The largest absolute Gasteiger partial charge is 0.497 e. The van der Waals surface area contributed by atoms with Gasteiger partial charge in [0.05, 0.1) is 19.8 Å². The van der Waals surface area contributed by atoms with Crippen LogP contribution >= 0.6 is 0 Å². The number of hydrogen-bond donors (Lipinski definition) is 0. The van der Waals surface area contributed by atoms with Crippen molar-refractivity contribution in [1.82, 2.24) is 0 Å². The fourth-order valence-corrected chi connectivity index (χ4v) is 27.4. The highest BCUT2D eigenvalue weighted by atomic mass is 28.4. The Bertz CT molecular complexity index is 2980.